The zero-order valence-electron chi connectivity index (χ0n) is 11.7. The van der Waals surface area contributed by atoms with Crippen LogP contribution in [0.25, 0.3) is 0 Å². The molecular weight excluding hydrogens is 330 g/mol. The van der Waals surface area contributed by atoms with Crippen LogP contribution in [0.3, 0.4) is 0 Å². The Bertz CT molecular complexity index is 687. The van der Waals surface area contributed by atoms with Crippen LogP contribution in [0.5, 0.6) is 5.75 Å². The van der Waals surface area contributed by atoms with E-state index < -0.39 is 0 Å². The van der Waals surface area contributed by atoms with Crippen molar-refractivity contribution in [1.82, 2.24) is 0 Å². The Morgan fingerprint density at radius 1 is 1.24 bits per heavy atom. The Balaban J connectivity index is 2.01. The van der Waals surface area contributed by atoms with E-state index in [2.05, 4.69) is 31.9 Å². The van der Waals surface area contributed by atoms with E-state index in [1.165, 1.54) is 0 Å². The molecule has 108 valence electrons. The molecule has 1 aliphatic rings. The molecular formula is C16H16BrN3O. The summed E-state index contributed by atoms with van der Waals surface area (Å²) in [5.74, 6) is 1.37. The molecule has 0 fully saturated rings. The van der Waals surface area contributed by atoms with Gasteiger partial charge < -0.3 is 15.4 Å². The number of rotatable bonds is 3. The minimum Gasteiger partial charge on any atom is -0.497 e. The number of hydrogen-bond acceptors (Lipinski definition) is 4. The highest BCUT2D eigenvalue weighted by Crippen LogP contribution is 2.36. The fourth-order valence-corrected chi connectivity index (χ4v) is 3.01. The Kier molecular flexibility index (Phi) is 3.84. The number of halogens is 1. The van der Waals surface area contributed by atoms with Crippen molar-refractivity contribution in [3.63, 3.8) is 0 Å². The lowest BCUT2D eigenvalue weighted by Crippen LogP contribution is -2.36. The first-order valence-corrected chi connectivity index (χ1v) is 7.47. The Labute approximate surface area is 132 Å². The number of para-hydroxylation sites is 1. The van der Waals surface area contributed by atoms with Crippen LogP contribution in [0, 0.1) is 0 Å². The third-order valence-electron chi connectivity index (χ3n) is 3.58. The smallest absolute Gasteiger partial charge is 0.196 e. The van der Waals surface area contributed by atoms with E-state index in [4.69, 9.17) is 10.5 Å². The molecule has 2 aromatic rings. The van der Waals surface area contributed by atoms with E-state index in [0.29, 0.717) is 12.5 Å². The molecule has 5 heteroatoms. The van der Waals surface area contributed by atoms with Crippen LogP contribution in [-0.4, -0.2) is 19.6 Å². The number of guanidine groups is 1. The number of nitrogens with two attached hydrogens (primary N) is 1. The van der Waals surface area contributed by atoms with E-state index in [1.54, 1.807) is 7.11 Å². The molecule has 0 amide bonds. The molecule has 1 unspecified atom stereocenters. The predicted molar refractivity (Wildman–Crippen MR) is 88.8 cm³/mol. The largest absolute Gasteiger partial charge is 0.497 e. The summed E-state index contributed by atoms with van der Waals surface area (Å²) < 4.78 is 6.31. The van der Waals surface area contributed by atoms with Crippen molar-refractivity contribution in [3.05, 3.63) is 58.6 Å². The predicted octanol–water partition coefficient (Wildman–Crippen LogP) is 3.33. The molecule has 2 aromatic carbocycles. The number of anilines is 1. The summed E-state index contributed by atoms with van der Waals surface area (Å²) >= 11 is 3.59. The average Bonchev–Trinajstić information content (AvgIpc) is 2.89. The minimum absolute atomic E-state index is 0.0822. The van der Waals surface area contributed by atoms with Crippen molar-refractivity contribution in [2.24, 2.45) is 10.7 Å². The third kappa shape index (κ3) is 2.61. The van der Waals surface area contributed by atoms with Crippen LogP contribution in [0.15, 0.2) is 58.0 Å². The van der Waals surface area contributed by atoms with E-state index in [9.17, 15) is 0 Å². The second-order valence-electron chi connectivity index (χ2n) is 4.81. The van der Waals surface area contributed by atoms with Crippen molar-refractivity contribution < 1.29 is 4.74 Å². The summed E-state index contributed by atoms with van der Waals surface area (Å²) in [6.45, 7) is 0.639. The molecule has 1 atom stereocenters. The number of nitrogens with zero attached hydrogens (tertiary/aromatic N) is 2. The zero-order valence-corrected chi connectivity index (χ0v) is 13.2. The van der Waals surface area contributed by atoms with Crippen LogP contribution in [0.1, 0.15) is 11.6 Å². The van der Waals surface area contributed by atoms with Gasteiger partial charge in [-0.1, -0.05) is 24.3 Å². The van der Waals surface area contributed by atoms with E-state index in [-0.39, 0.29) is 6.04 Å². The first-order chi connectivity index (χ1) is 10.2. The van der Waals surface area contributed by atoms with Gasteiger partial charge in [-0.15, -0.1) is 0 Å². The second kappa shape index (κ2) is 5.77. The number of aliphatic imine (C=N–C) groups is 1. The molecule has 21 heavy (non-hydrogen) atoms. The highest BCUT2D eigenvalue weighted by atomic mass is 79.9. The standard InChI is InChI=1S/C16H16BrN3O/c1-21-12-6-4-5-11(9-12)15-10-19-16(18)20(15)14-8-3-2-7-13(14)17/h2-9,15H,10H2,1H3,(H2,18,19). The van der Waals surface area contributed by atoms with Gasteiger partial charge in [-0.25, -0.2) is 0 Å². The Morgan fingerprint density at radius 3 is 2.81 bits per heavy atom. The molecule has 0 saturated carbocycles. The minimum atomic E-state index is 0.0822. The lowest BCUT2D eigenvalue weighted by molar-refractivity contribution is 0.414. The van der Waals surface area contributed by atoms with Gasteiger partial charge in [0.1, 0.15) is 5.75 Å². The molecule has 0 radical (unpaired) electrons. The fourth-order valence-electron chi connectivity index (χ4n) is 2.54. The van der Waals surface area contributed by atoms with Gasteiger partial charge in [-0.2, -0.15) is 0 Å². The van der Waals surface area contributed by atoms with Gasteiger partial charge in [-0.3, -0.25) is 4.99 Å². The number of hydrogen-bond donors (Lipinski definition) is 1. The van der Waals surface area contributed by atoms with E-state index in [0.717, 1.165) is 21.5 Å². The summed E-state index contributed by atoms with van der Waals surface area (Å²) in [5, 5.41) is 0. The molecule has 0 aliphatic carbocycles. The molecule has 0 bridgehead atoms. The number of ether oxygens (including phenoxy) is 1. The molecule has 2 N–H and O–H groups in total. The van der Waals surface area contributed by atoms with Crippen molar-refractivity contribution in [1.29, 1.82) is 0 Å². The van der Waals surface area contributed by atoms with Crippen LogP contribution in [-0.2, 0) is 0 Å². The average molecular weight is 346 g/mol. The van der Waals surface area contributed by atoms with Crippen LogP contribution < -0.4 is 15.4 Å². The first kappa shape index (κ1) is 13.9. The summed E-state index contributed by atoms with van der Waals surface area (Å²) in [7, 11) is 1.67. The zero-order chi connectivity index (χ0) is 14.8. The summed E-state index contributed by atoms with van der Waals surface area (Å²) in [5.41, 5.74) is 8.25. The third-order valence-corrected chi connectivity index (χ3v) is 4.25. The van der Waals surface area contributed by atoms with Gasteiger partial charge >= 0.3 is 0 Å². The van der Waals surface area contributed by atoms with Crippen molar-refractivity contribution in [2.75, 3.05) is 18.6 Å². The Morgan fingerprint density at radius 2 is 2.05 bits per heavy atom. The number of benzene rings is 2. The lowest BCUT2D eigenvalue weighted by atomic mass is 10.1. The molecule has 0 aromatic heterocycles. The van der Waals surface area contributed by atoms with Crippen molar-refractivity contribution >= 4 is 27.6 Å². The van der Waals surface area contributed by atoms with Gasteiger partial charge in [0.05, 0.1) is 25.4 Å². The maximum atomic E-state index is 6.10. The molecule has 1 heterocycles. The van der Waals surface area contributed by atoms with Gasteiger partial charge in [0.15, 0.2) is 5.96 Å². The van der Waals surface area contributed by atoms with E-state index in [1.807, 2.05) is 42.5 Å². The molecule has 3 rings (SSSR count). The summed E-state index contributed by atoms with van der Waals surface area (Å²) in [4.78, 5) is 6.46. The van der Waals surface area contributed by atoms with Gasteiger partial charge in [0, 0.05) is 4.47 Å². The summed E-state index contributed by atoms with van der Waals surface area (Å²) in [6.07, 6.45) is 0. The molecule has 4 nitrogen and oxygen atoms in total. The summed E-state index contributed by atoms with van der Waals surface area (Å²) in [6, 6.07) is 16.1. The maximum absolute atomic E-state index is 6.10. The van der Waals surface area contributed by atoms with Crippen LogP contribution >= 0.6 is 15.9 Å². The van der Waals surface area contributed by atoms with Gasteiger partial charge in [0.25, 0.3) is 0 Å². The lowest BCUT2D eigenvalue weighted by Gasteiger charge is -2.27. The highest BCUT2D eigenvalue weighted by Gasteiger charge is 2.30. The maximum Gasteiger partial charge on any atom is 0.196 e. The van der Waals surface area contributed by atoms with Gasteiger partial charge in [0.2, 0.25) is 0 Å². The molecule has 1 aliphatic heterocycles. The van der Waals surface area contributed by atoms with Crippen LogP contribution in [0.2, 0.25) is 0 Å². The fraction of sp³-hybridized carbons (Fsp3) is 0.188. The molecule has 0 spiro atoms. The quantitative estimate of drug-likeness (QED) is 0.928. The SMILES string of the molecule is COc1cccc(C2CN=C(N)N2c2ccccc2Br)c1. The highest BCUT2D eigenvalue weighted by molar-refractivity contribution is 9.10. The van der Waals surface area contributed by atoms with Crippen molar-refractivity contribution in [3.8, 4) is 5.75 Å². The Hall–Kier alpha value is -2.01. The normalized spacial score (nSPS) is 17.7. The second-order valence-corrected chi connectivity index (χ2v) is 5.67. The van der Waals surface area contributed by atoms with Crippen molar-refractivity contribution in [2.45, 2.75) is 6.04 Å². The van der Waals surface area contributed by atoms with Crippen LogP contribution in [0.4, 0.5) is 5.69 Å². The number of methoxy groups -OCH3 is 1. The topological polar surface area (TPSA) is 50.9 Å². The van der Waals surface area contributed by atoms with E-state index >= 15 is 0 Å². The first-order valence-electron chi connectivity index (χ1n) is 6.68. The van der Waals surface area contributed by atoms with Gasteiger partial charge in [-0.05, 0) is 45.8 Å². The molecule has 0 saturated heterocycles. The monoisotopic (exact) mass is 345 g/mol.